The van der Waals surface area contributed by atoms with Gasteiger partial charge in [-0.2, -0.15) is 0 Å². The average molecular weight is 291 g/mol. The number of hydrogen-bond donors (Lipinski definition) is 2. The van der Waals surface area contributed by atoms with Crippen molar-refractivity contribution in [1.82, 2.24) is 10.6 Å². The van der Waals surface area contributed by atoms with E-state index in [0.717, 1.165) is 12.1 Å². The fourth-order valence-electron chi connectivity index (χ4n) is 2.38. The van der Waals surface area contributed by atoms with Crippen LogP contribution in [-0.2, 0) is 16.0 Å². The van der Waals surface area contributed by atoms with Gasteiger partial charge in [0.1, 0.15) is 6.04 Å². The van der Waals surface area contributed by atoms with Gasteiger partial charge in [0.05, 0.1) is 6.61 Å². The third kappa shape index (κ3) is 3.72. The number of rotatable bonds is 5. The molecule has 0 radical (unpaired) electrons. The SMILES string of the molecule is COCCNC(=O)N[C@H](C)C(=O)N1CCc2ccccc21. The van der Waals surface area contributed by atoms with Crippen LogP contribution in [-0.4, -0.2) is 44.8 Å². The lowest BCUT2D eigenvalue weighted by Crippen LogP contribution is -2.50. The quantitative estimate of drug-likeness (QED) is 0.792. The normalized spacial score (nSPS) is 14.5. The molecule has 2 N–H and O–H groups in total. The first-order chi connectivity index (χ1) is 10.1. The number of urea groups is 1. The molecule has 0 saturated carbocycles. The van der Waals surface area contributed by atoms with Gasteiger partial charge in [-0.1, -0.05) is 18.2 Å². The van der Waals surface area contributed by atoms with Gasteiger partial charge in [0.15, 0.2) is 0 Å². The molecule has 1 atom stereocenters. The van der Waals surface area contributed by atoms with E-state index in [-0.39, 0.29) is 11.9 Å². The molecule has 0 spiro atoms. The number of anilines is 1. The van der Waals surface area contributed by atoms with Crippen LogP contribution in [0, 0.1) is 0 Å². The van der Waals surface area contributed by atoms with Crippen LogP contribution < -0.4 is 15.5 Å². The number of nitrogens with one attached hydrogen (secondary N) is 2. The molecule has 1 aliphatic heterocycles. The Balaban J connectivity index is 1.90. The molecule has 2 rings (SSSR count). The van der Waals surface area contributed by atoms with Crippen molar-refractivity contribution in [2.45, 2.75) is 19.4 Å². The number of methoxy groups -OCH3 is 1. The minimum Gasteiger partial charge on any atom is -0.383 e. The first-order valence-corrected chi connectivity index (χ1v) is 7.06. The van der Waals surface area contributed by atoms with Crippen LogP contribution in [0.5, 0.6) is 0 Å². The molecule has 1 aromatic rings. The number of nitrogens with zero attached hydrogens (tertiary/aromatic N) is 1. The van der Waals surface area contributed by atoms with Crippen LogP contribution in [0.4, 0.5) is 10.5 Å². The lowest BCUT2D eigenvalue weighted by Gasteiger charge is -2.22. The topological polar surface area (TPSA) is 70.7 Å². The van der Waals surface area contributed by atoms with Crippen molar-refractivity contribution in [3.63, 3.8) is 0 Å². The van der Waals surface area contributed by atoms with Crippen LogP contribution in [0.1, 0.15) is 12.5 Å². The van der Waals surface area contributed by atoms with Crippen LogP contribution in [0.25, 0.3) is 0 Å². The molecule has 6 nitrogen and oxygen atoms in total. The molecule has 0 unspecified atom stereocenters. The summed E-state index contributed by atoms with van der Waals surface area (Å²) in [7, 11) is 1.57. The molecule has 0 bridgehead atoms. The highest BCUT2D eigenvalue weighted by molar-refractivity contribution is 6.00. The second-order valence-electron chi connectivity index (χ2n) is 4.98. The Labute approximate surface area is 124 Å². The Bertz CT molecular complexity index is 519. The molecule has 21 heavy (non-hydrogen) atoms. The zero-order valence-electron chi connectivity index (χ0n) is 12.4. The number of carbonyl (C=O) groups excluding carboxylic acids is 2. The summed E-state index contributed by atoms with van der Waals surface area (Å²) in [5.74, 6) is -0.0955. The number of ether oxygens (including phenoxy) is 1. The van der Waals surface area contributed by atoms with Crippen LogP contribution >= 0.6 is 0 Å². The van der Waals surface area contributed by atoms with Gasteiger partial charge in [-0.15, -0.1) is 0 Å². The van der Waals surface area contributed by atoms with E-state index in [0.29, 0.717) is 19.7 Å². The number of para-hydroxylation sites is 1. The van der Waals surface area contributed by atoms with E-state index in [1.54, 1.807) is 18.9 Å². The second kappa shape index (κ2) is 7.08. The van der Waals surface area contributed by atoms with Crippen LogP contribution in [0.15, 0.2) is 24.3 Å². The van der Waals surface area contributed by atoms with Crippen molar-refractivity contribution in [3.05, 3.63) is 29.8 Å². The van der Waals surface area contributed by atoms with Gasteiger partial charge in [-0.25, -0.2) is 4.79 Å². The van der Waals surface area contributed by atoms with E-state index >= 15 is 0 Å². The molecular formula is C15H21N3O3. The van der Waals surface area contributed by atoms with Gasteiger partial charge in [-0.3, -0.25) is 4.79 Å². The molecular weight excluding hydrogens is 270 g/mol. The van der Waals surface area contributed by atoms with Gasteiger partial charge >= 0.3 is 6.03 Å². The van der Waals surface area contributed by atoms with Crippen LogP contribution in [0.2, 0.25) is 0 Å². The van der Waals surface area contributed by atoms with E-state index in [2.05, 4.69) is 10.6 Å². The Kier molecular flexibility index (Phi) is 5.16. The summed E-state index contributed by atoms with van der Waals surface area (Å²) in [6, 6.07) is 6.92. The smallest absolute Gasteiger partial charge is 0.315 e. The van der Waals surface area contributed by atoms with E-state index in [1.807, 2.05) is 24.3 Å². The summed E-state index contributed by atoms with van der Waals surface area (Å²) in [4.78, 5) is 25.8. The molecule has 0 saturated heterocycles. The Morgan fingerprint density at radius 1 is 1.38 bits per heavy atom. The van der Waals surface area contributed by atoms with Crippen molar-refractivity contribution in [2.75, 3.05) is 31.7 Å². The summed E-state index contributed by atoms with van der Waals surface area (Å²) in [6.07, 6.45) is 0.856. The third-order valence-corrected chi connectivity index (χ3v) is 3.46. The van der Waals surface area contributed by atoms with E-state index in [9.17, 15) is 9.59 Å². The predicted octanol–water partition coefficient (Wildman–Crippen LogP) is 0.910. The zero-order valence-corrected chi connectivity index (χ0v) is 12.4. The molecule has 1 heterocycles. The maximum atomic E-state index is 12.4. The molecule has 0 fully saturated rings. The standard InChI is InChI=1S/C15H21N3O3/c1-11(17-15(20)16-8-10-21-2)14(19)18-9-7-12-5-3-4-6-13(12)18/h3-6,11H,7-10H2,1-2H3,(H2,16,17,20)/t11-/m1/s1. The summed E-state index contributed by atoms with van der Waals surface area (Å²) < 4.78 is 4.85. The molecule has 114 valence electrons. The largest absolute Gasteiger partial charge is 0.383 e. The van der Waals surface area contributed by atoms with Crippen molar-refractivity contribution in [3.8, 4) is 0 Å². The number of hydrogen-bond acceptors (Lipinski definition) is 3. The second-order valence-corrected chi connectivity index (χ2v) is 4.98. The molecule has 1 aliphatic rings. The minimum absolute atomic E-state index is 0.0955. The Morgan fingerprint density at radius 3 is 2.90 bits per heavy atom. The van der Waals surface area contributed by atoms with Gasteiger partial charge in [-0.05, 0) is 25.0 Å². The highest BCUT2D eigenvalue weighted by atomic mass is 16.5. The summed E-state index contributed by atoms with van der Waals surface area (Å²) in [6.45, 7) is 3.21. The van der Waals surface area contributed by atoms with Gasteiger partial charge in [0.2, 0.25) is 5.91 Å². The van der Waals surface area contributed by atoms with Crippen molar-refractivity contribution in [1.29, 1.82) is 0 Å². The maximum Gasteiger partial charge on any atom is 0.315 e. The Hall–Kier alpha value is -2.08. The number of carbonyl (C=O) groups is 2. The molecule has 0 aromatic heterocycles. The molecule has 6 heteroatoms. The van der Waals surface area contributed by atoms with E-state index < -0.39 is 6.04 Å². The number of benzene rings is 1. The first-order valence-electron chi connectivity index (χ1n) is 7.06. The lowest BCUT2D eigenvalue weighted by molar-refractivity contribution is -0.119. The lowest BCUT2D eigenvalue weighted by atomic mass is 10.2. The summed E-state index contributed by atoms with van der Waals surface area (Å²) in [5.41, 5.74) is 2.11. The monoisotopic (exact) mass is 291 g/mol. The van der Waals surface area contributed by atoms with Crippen LogP contribution in [0.3, 0.4) is 0 Å². The highest BCUT2D eigenvalue weighted by Gasteiger charge is 2.28. The molecule has 3 amide bonds. The van der Waals surface area contributed by atoms with Gasteiger partial charge < -0.3 is 20.3 Å². The fourth-order valence-corrected chi connectivity index (χ4v) is 2.38. The van der Waals surface area contributed by atoms with Crippen molar-refractivity contribution in [2.24, 2.45) is 0 Å². The number of fused-ring (bicyclic) bond motifs is 1. The van der Waals surface area contributed by atoms with Gasteiger partial charge in [0.25, 0.3) is 0 Å². The van der Waals surface area contributed by atoms with Gasteiger partial charge in [0, 0.05) is 25.9 Å². The summed E-state index contributed by atoms with van der Waals surface area (Å²) in [5, 5.41) is 5.28. The minimum atomic E-state index is -0.571. The van der Waals surface area contributed by atoms with Crippen molar-refractivity contribution >= 4 is 17.6 Å². The van der Waals surface area contributed by atoms with E-state index in [1.165, 1.54) is 5.56 Å². The zero-order chi connectivity index (χ0) is 15.2. The Morgan fingerprint density at radius 2 is 2.14 bits per heavy atom. The first kappa shape index (κ1) is 15.3. The number of amides is 3. The fraction of sp³-hybridized carbons (Fsp3) is 0.467. The summed E-state index contributed by atoms with van der Waals surface area (Å²) >= 11 is 0. The van der Waals surface area contributed by atoms with E-state index in [4.69, 9.17) is 4.74 Å². The third-order valence-electron chi connectivity index (χ3n) is 3.46. The van der Waals surface area contributed by atoms with Crippen molar-refractivity contribution < 1.29 is 14.3 Å². The maximum absolute atomic E-state index is 12.4. The average Bonchev–Trinajstić information content (AvgIpc) is 2.90. The highest BCUT2D eigenvalue weighted by Crippen LogP contribution is 2.27. The predicted molar refractivity (Wildman–Crippen MR) is 80.4 cm³/mol. The molecule has 1 aromatic carbocycles. The molecule has 0 aliphatic carbocycles.